The van der Waals surface area contributed by atoms with Crippen LogP contribution >= 0.6 is 47.8 Å². The molecule has 0 aliphatic carbocycles. The lowest BCUT2D eigenvalue weighted by Crippen LogP contribution is -2.25. The molecule has 2 aliphatic rings. The summed E-state index contributed by atoms with van der Waals surface area (Å²) in [6.07, 6.45) is 0. The standard InChI is InChI=1S/C22H21Br3O7/c1-27-15-6-11(18(25)21(29-3)20(15)28-2)16(13-8-30-22(26)12(13)7-23)10-4-5-14-19(17(10)24)32-9-31-14/h4-6,12-13,16H,7-9H2,1-3H3. The lowest BCUT2D eigenvalue weighted by atomic mass is 9.76. The lowest BCUT2D eigenvalue weighted by molar-refractivity contribution is -0.140. The summed E-state index contributed by atoms with van der Waals surface area (Å²) in [6, 6.07) is 5.76. The van der Waals surface area contributed by atoms with E-state index in [-0.39, 0.29) is 37.1 Å². The van der Waals surface area contributed by atoms with Gasteiger partial charge in [0.25, 0.3) is 0 Å². The second-order valence-electron chi connectivity index (χ2n) is 7.28. The van der Waals surface area contributed by atoms with Crippen molar-refractivity contribution in [3.05, 3.63) is 38.3 Å². The number of esters is 1. The molecule has 0 amide bonds. The number of benzene rings is 2. The number of alkyl halides is 1. The molecule has 3 unspecified atom stereocenters. The Labute approximate surface area is 211 Å². The third-order valence-corrected chi connectivity index (χ3v) is 8.14. The molecule has 2 aromatic rings. The minimum atomic E-state index is -0.330. The molecule has 2 aliphatic heterocycles. The zero-order chi connectivity index (χ0) is 23.0. The highest BCUT2D eigenvalue weighted by Crippen LogP contribution is 2.54. The highest BCUT2D eigenvalue weighted by Gasteiger charge is 2.44. The Morgan fingerprint density at radius 3 is 2.41 bits per heavy atom. The van der Waals surface area contributed by atoms with Crippen LogP contribution in [0, 0.1) is 11.8 Å². The van der Waals surface area contributed by atoms with Crippen molar-refractivity contribution in [1.82, 2.24) is 0 Å². The van der Waals surface area contributed by atoms with Crippen molar-refractivity contribution in [2.75, 3.05) is 40.1 Å². The number of cyclic esters (lactones) is 1. The maximum atomic E-state index is 12.5. The van der Waals surface area contributed by atoms with Gasteiger partial charge in [-0.2, -0.15) is 0 Å². The average Bonchev–Trinajstić information content (AvgIpc) is 3.42. The van der Waals surface area contributed by atoms with Gasteiger partial charge in [-0.3, -0.25) is 4.79 Å². The molecule has 32 heavy (non-hydrogen) atoms. The number of carbonyl (C=O) groups is 1. The van der Waals surface area contributed by atoms with Gasteiger partial charge in [0.1, 0.15) is 0 Å². The van der Waals surface area contributed by atoms with E-state index in [1.54, 1.807) is 21.3 Å². The Hall–Kier alpha value is -1.65. The van der Waals surface area contributed by atoms with Gasteiger partial charge in [0.2, 0.25) is 12.5 Å². The van der Waals surface area contributed by atoms with Gasteiger partial charge in [-0.05, 0) is 55.1 Å². The number of hydrogen-bond donors (Lipinski definition) is 0. The number of methoxy groups -OCH3 is 3. The van der Waals surface area contributed by atoms with Gasteiger partial charge in [-0.25, -0.2) is 0 Å². The van der Waals surface area contributed by atoms with Crippen LogP contribution in [0.25, 0.3) is 0 Å². The summed E-state index contributed by atoms with van der Waals surface area (Å²) in [5, 5.41) is 0.483. The molecule has 10 heteroatoms. The fraction of sp³-hybridized carbons (Fsp3) is 0.409. The van der Waals surface area contributed by atoms with Crippen LogP contribution in [-0.2, 0) is 9.53 Å². The fourth-order valence-electron chi connectivity index (χ4n) is 4.27. The topological polar surface area (TPSA) is 72.5 Å². The van der Waals surface area contributed by atoms with Gasteiger partial charge in [0.15, 0.2) is 23.0 Å². The van der Waals surface area contributed by atoms with Gasteiger partial charge in [0, 0.05) is 17.2 Å². The third-order valence-electron chi connectivity index (χ3n) is 5.81. The van der Waals surface area contributed by atoms with E-state index in [0.29, 0.717) is 38.6 Å². The van der Waals surface area contributed by atoms with E-state index in [0.717, 1.165) is 15.6 Å². The molecule has 0 bridgehead atoms. The Balaban J connectivity index is 1.97. The normalized spacial score (nSPS) is 20.1. The van der Waals surface area contributed by atoms with Crippen LogP contribution in [0.15, 0.2) is 27.1 Å². The van der Waals surface area contributed by atoms with Crippen LogP contribution in [0.4, 0.5) is 0 Å². The molecule has 0 N–H and O–H groups in total. The summed E-state index contributed by atoms with van der Waals surface area (Å²) < 4.78 is 35.0. The maximum absolute atomic E-state index is 12.5. The first-order valence-electron chi connectivity index (χ1n) is 9.75. The monoisotopic (exact) mass is 634 g/mol. The van der Waals surface area contributed by atoms with Crippen molar-refractivity contribution >= 4 is 53.8 Å². The van der Waals surface area contributed by atoms with Crippen LogP contribution in [0.2, 0.25) is 0 Å². The summed E-state index contributed by atoms with van der Waals surface area (Å²) in [5.41, 5.74) is 1.80. The summed E-state index contributed by atoms with van der Waals surface area (Å²) in [7, 11) is 4.70. The fourth-order valence-corrected chi connectivity index (χ4v) is 6.41. The zero-order valence-corrected chi connectivity index (χ0v) is 22.3. The summed E-state index contributed by atoms with van der Waals surface area (Å²) in [4.78, 5) is 12.5. The van der Waals surface area contributed by atoms with Crippen LogP contribution < -0.4 is 23.7 Å². The Morgan fingerprint density at radius 2 is 1.75 bits per heavy atom. The number of hydrogen-bond acceptors (Lipinski definition) is 7. The van der Waals surface area contributed by atoms with Crippen LogP contribution in [-0.4, -0.2) is 46.0 Å². The van der Waals surface area contributed by atoms with E-state index in [1.165, 1.54) is 0 Å². The van der Waals surface area contributed by atoms with E-state index in [1.807, 2.05) is 18.2 Å². The number of carbonyl (C=O) groups excluding carboxylic acids is 1. The van der Waals surface area contributed by atoms with Crippen molar-refractivity contribution in [3.8, 4) is 28.7 Å². The van der Waals surface area contributed by atoms with Gasteiger partial charge < -0.3 is 28.4 Å². The summed E-state index contributed by atoms with van der Waals surface area (Å²) >= 11 is 10.9. The van der Waals surface area contributed by atoms with Gasteiger partial charge in [0.05, 0.1) is 42.8 Å². The van der Waals surface area contributed by atoms with E-state index in [2.05, 4.69) is 47.8 Å². The van der Waals surface area contributed by atoms with Crippen molar-refractivity contribution in [2.24, 2.45) is 11.8 Å². The molecular formula is C22H21Br3O7. The zero-order valence-electron chi connectivity index (χ0n) is 17.6. The lowest BCUT2D eigenvalue weighted by Gasteiger charge is -2.29. The number of fused-ring (bicyclic) bond motifs is 1. The van der Waals surface area contributed by atoms with Crippen molar-refractivity contribution < 1.29 is 33.2 Å². The van der Waals surface area contributed by atoms with Crippen LogP contribution in [0.3, 0.4) is 0 Å². The van der Waals surface area contributed by atoms with Crippen molar-refractivity contribution in [1.29, 1.82) is 0 Å². The predicted molar refractivity (Wildman–Crippen MR) is 128 cm³/mol. The van der Waals surface area contributed by atoms with E-state index in [9.17, 15) is 4.79 Å². The summed E-state index contributed by atoms with van der Waals surface area (Å²) in [5.74, 6) is 1.82. The molecular weight excluding hydrogens is 616 g/mol. The second-order valence-corrected chi connectivity index (χ2v) is 9.52. The first-order valence-corrected chi connectivity index (χ1v) is 12.5. The predicted octanol–water partition coefficient (Wildman–Crippen LogP) is 5.28. The molecule has 4 rings (SSSR count). The van der Waals surface area contributed by atoms with Gasteiger partial charge >= 0.3 is 5.97 Å². The van der Waals surface area contributed by atoms with E-state index < -0.39 is 0 Å². The molecule has 2 heterocycles. The van der Waals surface area contributed by atoms with Crippen LogP contribution in [0.5, 0.6) is 28.7 Å². The van der Waals surface area contributed by atoms with Gasteiger partial charge in [-0.15, -0.1) is 0 Å². The maximum Gasteiger partial charge on any atom is 0.310 e. The van der Waals surface area contributed by atoms with E-state index in [4.69, 9.17) is 28.4 Å². The molecule has 3 atom stereocenters. The Bertz CT molecular complexity index is 1040. The van der Waals surface area contributed by atoms with E-state index >= 15 is 0 Å². The highest BCUT2D eigenvalue weighted by atomic mass is 79.9. The van der Waals surface area contributed by atoms with Crippen molar-refractivity contribution in [2.45, 2.75) is 5.92 Å². The van der Waals surface area contributed by atoms with Crippen LogP contribution in [0.1, 0.15) is 17.0 Å². The smallest absolute Gasteiger partial charge is 0.310 e. The number of halogens is 3. The molecule has 2 aromatic carbocycles. The Kier molecular flexibility index (Phi) is 7.11. The molecule has 1 fully saturated rings. The SMILES string of the molecule is COc1cc(C(c2ccc3c(c2Br)OCO3)C2COC(=O)C2CBr)c(Br)c(OC)c1OC. The minimum absolute atomic E-state index is 0.155. The molecule has 0 aromatic heterocycles. The minimum Gasteiger partial charge on any atom is -0.493 e. The Morgan fingerprint density at radius 1 is 1.00 bits per heavy atom. The second kappa shape index (κ2) is 9.69. The van der Waals surface area contributed by atoms with Crippen molar-refractivity contribution in [3.63, 3.8) is 0 Å². The third kappa shape index (κ3) is 3.84. The quantitative estimate of drug-likeness (QED) is 0.303. The van der Waals surface area contributed by atoms with Gasteiger partial charge in [-0.1, -0.05) is 22.0 Å². The molecule has 0 radical (unpaired) electrons. The molecule has 7 nitrogen and oxygen atoms in total. The first kappa shape index (κ1) is 23.5. The highest BCUT2D eigenvalue weighted by molar-refractivity contribution is 9.11. The molecule has 0 saturated carbocycles. The number of rotatable bonds is 7. The molecule has 1 saturated heterocycles. The summed E-state index contributed by atoms with van der Waals surface area (Å²) in [6.45, 7) is 0.439. The number of ether oxygens (including phenoxy) is 6. The molecule has 0 spiro atoms. The molecule has 172 valence electrons. The average molecular weight is 637 g/mol. The largest absolute Gasteiger partial charge is 0.493 e. The first-order chi connectivity index (χ1) is 15.5.